The van der Waals surface area contributed by atoms with Gasteiger partial charge in [-0.05, 0) is 41.4 Å². The van der Waals surface area contributed by atoms with Crippen molar-refractivity contribution >= 4 is 28.6 Å². The van der Waals surface area contributed by atoms with E-state index in [1.807, 2.05) is 0 Å². The lowest BCUT2D eigenvalue weighted by molar-refractivity contribution is -0.147. The topological polar surface area (TPSA) is 35.5 Å². The first-order valence-corrected chi connectivity index (χ1v) is 6.81. The maximum absolute atomic E-state index is 11.7. The molecule has 0 aliphatic heterocycles. The molecule has 2 aliphatic carbocycles. The summed E-state index contributed by atoms with van der Waals surface area (Å²) in [6, 6.07) is 0. The Morgan fingerprint density at radius 3 is 2.88 bits per heavy atom. The molecule has 4 heteroatoms. The largest absolute Gasteiger partial charge is 0.444 e. The molecule has 1 fully saturated rings. The monoisotopic (exact) mass is 348 g/mol. The first-order valence-electron chi connectivity index (χ1n) is 5.73. The Kier molecular flexibility index (Phi) is 3.63. The standard InChI is InChI=1S/C13H17IO3/c1-8(2)12(15)17-13(14)6-9-4-5-11(13)10(9)7-16-3/h4-5,9-11H,1,6-7H2,2-3H3. The van der Waals surface area contributed by atoms with Gasteiger partial charge in [-0.2, -0.15) is 0 Å². The Labute approximate surface area is 115 Å². The molecule has 94 valence electrons. The molecule has 0 amide bonds. The highest BCUT2D eigenvalue weighted by molar-refractivity contribution is 14.1. The number of esters is 1. The SMILES string of the molecule is C=C(C)C(=O)OC1(I)CC2C=CC1C2COC. The number of fused-ring (bicyclic) bond motifs is 2. The van der Waals surface area contributed by atoms with Crippen LogP contribution >= 0.6 is 22.6 Å². The second-order valence-corrected chi connectivity index (χ2v) is 6.68. The lowest BCUT2D eigenvalue weighted by Crippen LogP contribution is -2.34. The van der Waals surface area contributed by atoms with Crippen molar-refractivity contribution in [3.63, 3.8) is 0 Å². The Hall–Kier alpha value is -0.360. The van der Waals surface area contributed by atoms with Crippen LogP contribution in [0.4, 0.5) is 0 Å². The smallest absolute Gasteiger partial charge is 0.334 e. The van der Waals surface area contributed by atoms with Crippen LogP contribution in [0.5, 0.6) is 0 Å². The summed E-state index contributed by atoms with van der Waals surface area (Å²) in [4.78, 5) is 11.7. The molecule has 0 saturated heterocycles. The molecule has 1 saturated carbocycles. The van der Waals surface area contributed by atoms with E-state index in [0.717, 1.165) is 13.0 Å². The average molecular weight is 348 g/mol. The zero-order valence-electron chi connectivity index (χ0n) is 10.1. The fourth-order valence-corrected chi connectivity index (χ4v) is 4.10. The predicted molar refractivity (Wildman–Crippen MR) is 73.8 cm³/mol. The van der Waals surface area contributed by atoms with Crippen LogP contribution in [-0.2, 0) is 14.3 Å². The third-order valence-corrected chi connectivity index (χ3v) is 4.94. The number of rotatable bonds is 4. The lowest BCUT2D eigenvalue weighted by Gasteiger charge is -2.30. The molecule has 0 spiro atoms. The molecule has 2 bridgehead atoms. The summed E-state index contributed by atoms with van der Waals surface area (Å²) in [5, 5.41) is 0. The van der Waals surface area contributed by atoms with Crippen LogP contribution in [0.25, 0.3) is 0 Å². The molecule has 0 aromatic rings. The predicted octanol–water partition coefficient (Wildman–Crippen LogP) is 2.71. The molecule has 4 atom stereocenters. The molecule has 17 heavy (non-hydrogen) atoms. The molecule has 4 unspecified atom stereocenters. The molecule has 0 aromatic carbocycles. The van der Waals surface area contributed by atoms with Crippen molar-refractivity contribution in [2.75, 3.05) is 13.7 Å². The molecule has 2 aliphatic rings. The fraction of sp³-hybridized carbons (Fsp3) is 0.615. The van der Waals surface area contributed by atoms with E-state index >= 15 is 0 Å². The van der Waals surface area contributed by atoms with Gasteiger partial charge in [0.1, 0.15) is 0 Å². The number of methoxy groups -OCH3 is 1. The Morgan fingerprint density at radius 2 is 2.29 bits per heavy atom. The number of ether oxygens (including phenoxy) is 2. The Bertz CT molecular complexity index is 377. The van der Waals surface area contributed by atoms with Gasteiger partial charge in [-0.3, -0.25) is 0 Å². The van der Waals surface area contributed by atoms with E-state index in [2.05, 4.69) is 41.3 Å². The Morgan fingerprint density at radius 1 is 1.59 bits per heavy atom. The van der Waals surface area contributed by atoms with Gasteiger partial charge in [-0.25, -0.2) is 4.79 Å². The maximum atomic E-state index is 11.7. The Balaban J connectivity index is 2.10. The normalized spacial score (nSPS) is 38.4. The molecule has 0 heterocycles. The first kappa shape index (κ1) is 13.1. The van der Waals surface area contributed by atoms with E-state index in [1.54, 1.807) is 14.0 Å². The van der Waals surface area contributed by atoms with E-state index in [9.17, 15) is 4.79 Å². The van der Waals surface area contributed by atoms with Crippen LogP contribution in [-0.4, -0.2) is 23.3 Å². The zero-order chi connectivity index (χ0) is 12.6. The summed E-state index contributed by atoms with van der Waals surface area (Å²) in [7, 11) is 1.71. The van der Waals surface area contributed by atoms with E-state index < -0.39 is 3.61 Å². The van der Waals surface area contributed by atoms with Gasteiger partial charge in [0.25, 0.3) is 0 Å². The molecular formula is C13H17IO3. The highest BCUT2D eigenvalue weighted by Gasteiger charge is 2.55. The first-order chi connectivity index (χ1) is 7.98. The molecular weight excluding hydrogens is 331 g/mol. The summed E-state index contributed by atoms with van der Waals surface area (Å²) in [6.07, 6.45) is 5.26. The van der Waals surface area contributed by atoms with E-state index in [0.29, 0.717) is 17.4 Å². The van der Waals surface area contributed by atoms with Crippen molar-refractivity contribution in [3.05, 3.63) is 24.3 Å². The van der Waals surface area contributed by atoms with Gasteiger partial charge < -0.3 is 9.47 Å². The summed E-state index contributed by atoms with van der Waals surface area (Å²) in [5.41, 5.74) is 0.455. The average Bonchev–Trinajstić information content (AvgIpc) is 2.72. The van der Waals surface area contributed by atoms with Crippen molar-refractivity contribution in [1.82, 2.24) is 0 Å². The molecule has 0 N–H and O–H groups in total. The number of alkyl halides is 1. The van der Waals surface area contributed by atoms with Crippen molar-refractivity contribution in [3.8, 4) is 0 Å². The zero-order valence-corrected chi connectivity index (χ0v) is 12.3. The fourth-order valence-electron chi connectivity index (χ4n) is 2.73. The van der Waals surface area contributed by atoms with Gasteiger partial charge in [-0.15, -0.1) is 0 Å². The van der Waals surface area contributed by atoms with Crippen molar-refractivity contribution in [2.24, 2.45) is 17.8 Å². The molecule has 2 rings (SSSR count). The van der Waals surface area contributed by atoms with E-state index in [4.69, 9.17) is 9.47 Å². The van der Waals surface area contributed by atoms with Gasteiger partial charge in [0.05, 0.1) is 6.61 Å². The maximum Gasteiger partial charge on any atom is 0.334 e. The van der Waals surface area contributed by atoms with Crippen LogP contribution in [0.1, 0.15) is 13.3 Å². The molecule has 0 aromatic heterocycles. The number of hydrogen-bond acceptors (Lipinski definition) is 3. The highest BCUT2D eigenvalue weighted by atomic mass is 127. The van der Waals surface area contributed by atoms with Crippen LogP contribution in [0.3, 0.4) is 0 Å². The van der Waals surface area contributed by atoms with Crippen LogP contribution in [0, 0.1) is 17.8 Å². The second kappa shape index (κ2) is 4.72. The number of allylic oxidation sites excluding steroid dienone is 1. The third kappa shape index (κ3) is 2.29. The van der Waals surface area contributed by atoms with Gasteiger partial charge in [0.15, 0.2) is 3.61 Å². The lowest BCUT2D eigenvalue weighted by atomic mass is 9.97. The van der Waals surface area contributed by atoms with Crippen molar-refractivity contribution in [1.29, 1.82) is 0 Å². The summed E-state index contributed by atoms with van der Waals surface area (Å²) in [5.74, 6) is 0.873. The number of carbonyl (C=O) groups excluding carboxylic acids is 1. The van der Waals surface area contributed by atoms with Crippen LogP contribution in [0.2, 0.25) is 0 Å². The number of hydrogen-bond donors (Lipinski definition) is 0. The van der Waals surface area contributed by atoms with Crippen LogP contribution in [0.15, 0.2) is 24.3 Å². The van der Waals surface area contributed by atoms with Gasteiger partial charge in [0, 0.05) is 25.0 Å². The van der Waals surface area contributed by atoms with Crippen molar-refractivity contribution in [2.45, 2.75) is 17.0 Å². The molecule has 3 nitrogen and oxygen atoms in total. The summed E-state index contributed by atoms with van der Waals surface area (Å²) < 4.78 is 10.4. The van der Waals surface area contributed by atoms with Crippen molar-refractivity contribution < 1.29 is 14.3 Å². The molecule has 0 radical (unpaired) electrons. The minimum Gasteiger partial charge on any atom is -0.444 e. The minimum atomic E-state index is -0.420. The quantitative estimate of drug-likeness (QED) is 0.258. The van der Waals surface area contributed by atoms with Gasteiger partial charge in [-0.1, -0.05) is 18.7 Å². The van der Waals surface area contributed by atoms with E-state index in [-0.39, 0.29) is 11.9 Å². The second-order valence-electron chi connectivity index (χ2n) is 4.85. The van der Waals surface area contributed by atoms with E-state index in [1.165, 1.54) is 0 Å². The third-order valence-electron chi connectivity index (χ3n) is 3.56. The van der Waals surface area contributed by atoms with Gasteiger partial charge in [0.2, 0.25) is 0 Å². The summed E-state index contributed by atoms with van der Waals surface area (Å²) in [6.45, 7) is 6.02. The van der Waals surface area contributed by atoms with Crippen LogP contribution < -0.4 is 0 Å². The van der Waals surface area contributed by atoms with Gasteiger partial charge >= 0.3 is 5.97 Å². The number of carbonyl (C=O) groups is 1. The minimum absolute atomic E-state index is 0.261. The summed E-state index contributed by atoms with van der Waals surface area (Å²) >= 11 is 2.27. The number of halogens is 1. The highest BCUT2D eigenvalue weighted by Crippen LogP contribution is 2.55.